The summed E-state index contributed by atoms with van der Waals surface area (Å²) in [5.74, 6) is -1.61. The lowest BCUT2D eigenvalue weighted by molar-refractivity contribution is -0.128. The number of alkyl carbamates (subject to hydrolysis) is 1. The molecule has 0 aliphatic carbocycles. The van der Waals surface area contributed by atoms with Gasteiger partial charge in [-0.3, -0.25) is 14.4 Å². The number of carbonyl (C=O) groups is 5. The molecular weight excluding hydrogens is 536 g/mol. The Morgan fingerprint density at radius 2 is 1.71 bits per heavy atom. The van der Waals surface area contributed by atoms with Gasteiger partial charge in [0.25, 0.3) is 0 Å². The SMILES string of the molecule is O=C[C@H](C[C@@H]1CCNC1=O)NC(=O)CNC(=O)[C@H](CCc1cccc2ccccc12)NC(=O)OCCc1ccccc1. The number of nitrogens with one attached hydrogen (secondary N) is 4. The van der Waals surface area contributed by atoms with Gasteiger partial charge in [0.1, 0.15) is 12.3 Å². The monoisotopic (exact) mass is 572 g/mol. The van der Waals surface area contributed by atoms with Crippen LogP contribution in [-0.2, 0) is 36.8 Å². The number of benzene rings is 3. The van der Waals surface area contributed by atoms with Gasteiger partial charge in [0.05, 0.1) is 19.2 Å². The molecule has 4 amide bonds. The van der Waals surface area contributed by atoms with E-state index in [9.17, 15) is 24.0 Å². The number of rotatable bonds is 14. The highest BCUT2D eigenvalue weighted by Crippen LogP contribution is 2.20. The molecule has 0 radical (unpaired) electrons. The molecular formula is C32H36N4O6. The van der Waals surface area contributed by atoms with Gasteiger partial charge in [-0.1, -0.05) is 72.8 Å². The summed E-state index contributed by atoms with van der Waals surface area (Å²) in [6.45, 7) is 0.290. The lowest BCUT2D eigenvalue weighted by Crippen LogP contribution is -2.50. The standard InChI is InChI=1S/C32H36N4O6/c37-21-26(19-25-15-17-33-30(25)39)35-29(38)20-34-31(40)28(36-32(41)42-18-16-22-7-2-1-3-8-22)14-13-24-11-6-10-23-9-4-5-12-27(23)24/h1-12,21,25-26,28H,13-20H2,(H,33,39)(H,34,40)(H,35,38)(H,36,41)/t25-,26-,28-/m0/s1. The molecule has 3 aromatic carbocycles. The molecule has 220 valence electrons. The van der Waals surface area contributed by atoms with Crippen LogP contribution in [0.15, 0.2) is 72.8 Å². The second-order valence-electron chi connectivity index (χ2n) is 10.3. The summed E-state index contributed by atoms with van der Waals surface area (Å²) in [5, 5.41) is 12.6. The lowest BCUT2D eigenvalue weighted by atomic mass is 9.98. The Kier molecular flexibility index (Phi) is 11.0. The molecule has 0 bridgehead atoms. The lowest BCUT2D eigenvalue weighted by Gasteiger charge is -2.20. The Morgan fingerprint density at radius 1 is 0.952 bits per heavy atom. The summed E-state index contributed by atoms with van der Waals surface area (Å²) in [5.41, 5.74) is 2.04. The number of carbonyl (C=O) groups excluding carboxylic acids is 5. The topological polar surface area (TPSA) is 143 Å². The van der Waals surface area contributed by atoms with Crippen LogP contribution >= 0.6 is 0 Å². The first kappa shape index (κ1) is 30.2. The molecule has 4 N–H and O–H groups in total. The van der Waals surface area contributed by atoms with Crippen molar-refractivity contribution >= 4 is 40.9 Å². The van der Waals surface area contributed by atoms with Crippen LogP contribution in [0.5, 0.6) is 0 Å². The molecule has 42 heavy (non-hydrogen) atoms. The molecule has 0 unspecified atom stereocenters. The summed E-state index contributed by atoms with van der Waals surface area (Å²) in [7, 11) is 0. The van der Waals surface area contributed by atoms with Crippen LogP contribution < -0.4 is 21.3 Å². The third-order valence-electron chi connectivity index (χ3n) is 7.29. The Hall–Kier alpha value is -4.73. The summed E-state index contributed by atoms with van der Waals surface area (Å²) >= 11 is 0. The van der Waals surface area contributed by atoms with E-state index in [1.807, 2.05) is 72.8 Å². The van der Waals surface area contributed by atoms with Crippen LogP contribution in [0.25, 0.3) is 10.8 Å². The van der Waals surface area contributed by atoms with Gasteiger partial charge >= 0.3 is 6.09 Å². The van der Waals surface area contributed by atoms with Crippen LogP contribution in [0.4, 0.5) is 4.79 Å². The van der Waals surface area contributed by atoms with Crippen LogP contribution in [0.3, 0.4) is 0 Å². The maximum Gasteiger partial charge on any atom is 0.407 e. The van der Waals surface area contributed by atoms with Crippen molar-refractivity contribution in [2.75, 3.05) is 19.7 Å². The zero-order valence-electron chi connectivity index (χ0n) is 23.3. The summed E-state index contributed by atoms with van der Waals surface area (Å²) in [4.78, 5) is 61.6. The van der Waals surface area contributed by atoms with Crippen molar-refractivity contribution in [2.24, 2.45) is 5.92 Å². The average molecular weight is 573 g/mol. The summed E-state index contributed by atoms with van der Waals surface area (Å²) < 4.78 is 5.33. The molecule has 0 saturated carbocycles. The highest BCUT2D eigenvalue weighted by atomic mass is 16.5. The molecule has 1 fully saturated rings. The van der Waals surface area contributed by atoms with E-state index in [1.165, 1.54) is 0 Å². The Bertz CT molecular complexity index is 1390. The predicted octanol–water partition coefficient (Wildman–Crippen LogP) is 2.44. The number of hydrogen-bond donors (Lipinski definition) is 4. The molecule has 0 spiro atoms. The van der Waals surface area contributed by atoms with E-state index in [0.29, 0.717) is 32.1 Å². The quantitative estimate of drug-likeness (QED) is 0.219. The third-order valence-corrected chi connectivity index (χ3v) is 7.29. The number of aldehydes is 1. The zero-order chi connectivity index (χ0) is 29.7. The minimum absolute atomic E-state index is 0.139. The number of aryl methyl sites for hydroxylation is 1. The van der Waals surface area contributed by atoms with Gasteiger partial charge in [0.15, 0.2) is 0 Å². The van der Waals surface area contributed by atoms with Crippen LogP contribution in [-0.4, -0.2) is 61.9 Å². The highest BCUT2D eigenvalue weighted by Gasteiger charge is 2.28. The van der Waals surface area contributed by atoms with Gasteiger partial charge in [-0.2, -0.15) is 0 Å². The van der Waals surface area contributed by atoms with Gasteiger partial charge in [-0.25, -0.2) is 4.79 Å². The number of fused-ring (bicyclic) bond motifs is 1. The Labute approximate surface area is 244 Å². The molecule has 1 saturated heterocycles. The molecule has 0 aromatic heterocycles. The highest BCUT2D eigenvalue weighted by molar-refractivity contribution is 5.90. The fraction of sp³-hybridized carbons (Fsp3) is 0.344. The first-order valence-electron chi connectivity index (χ1n) is 14.2. The molecule has 10 nitrogen and oxygen atoms in total. The van der Waals surface area contributed by atoms with Gasteiger partial charge in [-0.05, 0) is 47.6 Å². The van der Waals surface area contributed by atoms with Gasteiger partial charge in [0, 0.05) is 18.9 Å². The van der Waals surface area contributed by atoms with E-state index in [0.717, 1.165) is 21.9 Å². The smallest absolute Gasteiger partial charge is 0.407 e. The zero-order valence-corrected chi connectivity index (χ0v) is 23.3. The third kappa shape index (κ3) is 8.89. The number of amides is 4. The molecule has 4 rings (SSSR count). The number of ether oxygens (including phenoxy) is 1. The van der Waals surface area contributed by atoms with Gasteiger partial charge in [0.2, 0.25) is 17.7 Å². The van der Waals surface area contributed by atoms with Crippen molar-refractivity contribution in [1.29, 1.82) is 0 Å². The van der Waals surface area contributed by atoms with Crippen molar-refractivity contribution in [3.05, 3.63) is 83.9 Å². The van der Waals surface area contributed by atoms with E-state index >= 15 is 0 Å². The van der Waals surface area contributed by atoms with Crippen LogP contribution in [0.2, 0.25) is 0 Å². The van der Waals surface area contributed by atoms with E-state index in [1.54, 1.807) is 0 Å². The maximum atomic E-state index is 13.2. The predicted molar refractivity (Wildman–Crippen MR) is 157 cm³/mol. The Balaban J connectivity index is 1.34. The molecule has 1 heterocycles. The van der Waals surface area contributed by atoms with Crippen molar-refractivity contribution in [3.8, 4) is 0 Å². The van der Waals surface area contributed by atoms with E-state index < -0.39 is 36.5 Å². The Morgan fingerprint density at radius 3 is 2.48 bits per heavy atom. The molecule has 1 aliphatic rings. The van der Waals surface area contributed by atoms with E-state index in [2.05, 4.69) is 21.3 Å². The average Bonchev–Trinajstić information content (AvgIpc) is 3.41. The molecule has 3 aromatic rings. The summed E-state index contributed by atoms with van der Waals surface area (Å²) in [6.07, 6.45) is 1.94. The van der Waals surface area contributed by atoms with Crippen molar-refractivity contribution in [3.63, 3.8) is 0 Å². The molecule has 3 atom stereocenters. The van der Waals surface area contributed by atoms with Crippen molar-refractivity contribution < 1.29 is 28.7 Å². The maximum absolute atomic E-state index is 13.2. The fourth-order valence-electron chi connectivity index (χ4n) is 5.04. The second-order valence-corrected chi connectivity index (χ2v) is 10.3. The van der Waals surface area contributed by atoms with Crippen LogP contribution in [0.1, 0.15) is 30.4 Å². The minimum atomic E-state index is -0.968. The fourth-order valence-corrected chi connectivity index (χ4v) is 5.04. The molecule has 10 heteroatoms. The first-order chi connectivity index (χ1) is 20.4. The second kappa shape index (κ2) is 15.3. The normalized spacial score (nSPS) is 15.7. The van der Waals surface area contributed by atoms with Crippen LogP contribution in [0, 0.1) is 5.92 Å². The largest absolute Gasteiger partial charge is 0.449 e. The van der Waals surface area contributed by atoms with Crippen molar-refractivity contribution in [1.82, 2.24) is 21.3 Å². The minimum Gasteiger partial charge on any atom is -0.449 e. The molecule has 1 aliphatic heterocycles. The van der Waals surface area contributed by atoms with E-state index in [4.69, 9.17) is 4.74 Å². The number of hydrogen-bond acceptors (Lipinski definition) is 6. The first-order valence-corrected chi connectivity index (χ1v) is 14.2. The van der Waals surface area contributed by atoms with Gasteiger partial charge in [-0.15, -0.1) is 0 Å². The summed E-state index contributed by atoms with van der Waals surface area (Å²) in [6, 6.07) is 21.6. The van der Waals surface area contributed by atoms with E-state index in [-0.39, 0.29) is 31.3 Å². The van der Waals surface area contributed by atoms with Crippen molar-refractivity contribution in [2.45, 2.75) is 44.2 Å². The van der Waals surface area contributed by atoms with Gasteiger partial charge < -0.3 is 30.8 Å².